The van der Waals surface area contributed by atoms with Gasteiger partial charge in [0.1, 0.15) is 0 Å². The highest BCUT2D eigenvalue weighted by Crippen LogP contribution is 2.23. The summed E-state index contributed by atoms with van der Waals surface area (Å²) in [5.41, 5.74) is 0.886. The molecule has 0 saturated carbocycles. The molecule has 0 aliphatic rings. The van der Waals surface area contributed by atoms with E-state index in [0.717, 1.165) is 12.8 Å². The molecule has 0 aliphatic heterocycles. The van der Waals surface area contributed by atoms with Gasteiger partial charge in [-0.05, 0) is 18.4 Å². The van der Waals surface area contributed by atoms with Gasteiger partial charge in [-0.15, -0.1) is 0 Å². The molecule has 69 valence electrons. The van der Waals surface area contributed by atoms with Crippen molar-refractivity contribution in [2.24, 2.45) is 5.41 Å². The molecule has 0 amide bonds. The van der Waals surface area contributed by atoms with Crippen LogP contribution in [-0.2, 0) is 11.2 Å². The molecule has 0 fully saturated rings. The van der Waals surface area contributed by atoms with E-state index < -0.39 is 0 Å². The maximum absolute atomic E-state index is 10.7. The molecular weight excluding hydrogens is 160 g/mol. The van der Waals surface area contributed by atoms with Gasteiger partial charge >= 0.3 is 0 Å². The molecule has 1 rings (SSSR count). The van der Waals surface area contributed by atoms with Gasteiger partial charge < -0.3 is 0 Å². The summed E-state index contributed by atoms with van der Waals surface area (Å²) >= 11 is 0. The summed E-state index contributed by atoms with van der Waals surface area (Å²) in [7, 11) is 0. The van der Waals surface area contributed by atoms with Crippen LogP contribution in [0.2, 0.25) is 0 Å². The van der Waals surface area contributed by atoms with E-state index in [1.54, 1.807) is 0 Å². The molecule has 13 heavy (non-hydrogen) atoms. The lowest BCUT2D eigenvalue weighted by atomic mass is 9.83. The quantitative estimate of drug-likeness (QED) is 0.687. The van der Waals surface area contributed by atoms with Crippen molar-refractivity contribution in [2.45, 2.75) is 26.7 Å². The average Bonchev–Trinajstić information content (AvgIpc) is 2.19. The maximum Gasteiger partial charge on any atom is 0.205 e. The molecule has 1 aromatic carbocycles. The van der Waals surface area contributed by atoms with Crippen LogP contribution in [0.3, 0.4) is 0 Å². The Hall–Kier alpha value is -1.11. The lowest BCUT2D eigenvalue weighted by Crippen LogP contribution is -2.19. The molecule has 0 aliphatic carbocycles. The van der Waals surface area contributed by atoms with E-state index in [1.807, 2.05) is 44.2 Å². The average molecular weight is 175 g/mol. The molecular formula is C12H15O. The van der Waals surface area contributed by atoms with E-state index in [0.29, 0.717) is 0 Å². The number of carbonyl (C=O) groups excluding carboxylic acids is 1. The first-order valence-corrected chi connectivity index (χ1v) is 4.63. The molecule has 0 heterocycles. The van der Waals surface area contributed by atoms with Gasteiger partial charge in [0.25, 0.3) is 0 Å². The summed E-state index contributed by atoms with van der Waals surface area (Å²) in [5.74, 6) is 0. The summed E-state index contributed by atoms with van der Waals surface area (Å²) in [4.78, 5) is 10.7. The molecule has 0 N–H and O–H groups in total. The highest BCUT2D eigenvalue weighted by molar-refractivity contribution is 5.60. The molecule has 1 heteroatoms. The second-order valence-electron chi connectivity index (χ2n) is 3.68. The van der Waals surface area contributed by atoms with Crippen LogP contribution < -0.4 is 0 Å². The summed E-state index contributed by atoms with van der Waals surface area (Å²) < 4.78 is 0. The number of hydrogen-bond donors (Lipinski definition) is 0. The molecule has 1 radical (unpaired) electrons. The fraction of sp³-hybridized carbons (Fsp3) is 0.417. The first-order valence-electron chi connectivity index (χ1n) is 4.63. The number of benzene rings is 1. The van der Waals surface area contributed by atoms with Crippen molar-refractivity contribution in [1.82, 2.24) is 0 Å². The van der Waals surface area contributed by atoms with Crippen molar-refractivity contribution < 1.29 is 4.79 Å². The lowest BCUT2D eigenvalue weighted by molar-refractivity contribution is 0.403. The third-order valence-electron chi connectivity index (χ3n) is 2.46. The third-order valence-corrected chi connectivity index (χ3v) is 2.46. The predicted octanol–water partition coefficient (Wildman–Crippen LogP) is 2.76. The van der Waals surface area contributed by atoms with Crippen LogP contribution in [0.5, 0.6) is 0 Å². The van der Waals surface area contributed by atoms with Gasteiger partial charge in [-0.25, -0.2) is 0 Å². The van der Waals surface area contributed by atoms with Gasteiger partial charge in [0.2, 0.25) is 6.29 Å². The van der Waals surface area contributed by atoms with Gasteiger partial charge in [0.15, 0.2) is 0 Å². The Kier molecular flexibility index (Phi) is 3.24. The zero-order valence-electron chi connectivity index (χ0n) is 8.21. The second-order valence-corrected chi connectivity index (χ2v) is 3.68. The van der Waals surface area contributed by atoms with Crippen LogP contribution in [0.1, 0.15) is 25.8 Å². The highest BCUT2D eigenvalue weighted by atomic mass is 16.1. The van der Waals surface area contributed by atoms with Crippen molar-refractivity contribution in [3.8, 4) is 0 Å². The van der Waals surface area contributed by atoms with Crippen molar-refractivity contribution >= 4 is 6.29 Å². The zero-order valence-corrected chi connectivity index (χ0v) is 8.21. The smallest absolute Gasteiger partial charge is 0.205 e. The molecule has 1 aromatic rings. The molecule has 1 unspecified atom stereocenters. The van der Waals surface area contributed by atoms with Crippen molar-refractivity contribution in [3.63, 3.8) is 0 Å². The maximum atomic E-state index is 10.7. The normalized spacial score (nSPS) is 14.9. The van der Waals surface area contributed by atoms with Gasteiger partial charge in [-0.3, -0.25) is 4.79 Å². The highest BCUT2D eigenvalue weighted by Gasteiger charge is 2.22. The van der Waals surface area contributed by atoms with Crippen molar-refractivity contribution in [2.75, 3.05) is 0 Å². The molecule has 0 bridgehead atoms. The minimum Gasteiger partial charge on any atom is -0.290 e. The Morgan fingerprint density at radius 1 is 1.31 bits per heavy atom. The first-order chi connectivity index (χ1) is 6.20. The van der Waals surface area contributed by atoms with E-state index in [4.69, 9.17) is 0 Å². The van der Waals surface area contributed by atoms with E-state index in [-0.39, 0.29) is 5.41 Å². The minimum atomic E-state index is -0.318. The standard InChI is InChI=1S/C12H15O/c1-3-12(2,10-13)9-11-7-5-4-6-8-11/h4-8H,3,9H2,1-2H3. The Morgan fingerprint density at radius 2 is 1.92 bits per heavy atom. The van der Waals surface area contributed by atoms with Crippen LogP contribution in [-0.4, -0.2) is 6.29 Å². The molecule has 1 atom stereocenters. The van der Waals surface area contributed by atoms with Crippen LogP contribution in [0.25, 0.3) is 0 Å². The SMILES string of the molecule is CCC(C)([C]=O)Cc1ccccc1. The van der Waals surface area contributed by atoms with Gasteiger partial charge in [0, 0.05) is 5.41 Å². The number of rotatable bonds is 4. The Bertz CT molecular complexity index is 266. The van der Waals surface area contributed by atoms with Gasteiger partial charge in [0.05, 0.1) is 0 Å². The van der Waals surface area contributed by atoms with Crippen LogP contribution in [0.15, 0.2) is 30.3 Å². The summed E-state index contributed by atoms with van der Waals surface area (Å²) in [6.07, 6.45) is 3.75. The minimum absolute atomic E-state index is 0.318. The summed E-state index contributed by atoms with van der Waals surface area (Å²) in [6, 6.07) is 10.1. The fourth-order valence-electron chi connectivity index (χ4n) is 1.28. The van der Waals surface area contributed by atoms with E-state index in [2.05, 4.69) is 6.29 Å². The Balaban J connectivity index is 2.73. The first kappa shape index (κ1) is 9.97. The van der Waals surface area contributed by atoms with Crippen LogP contribution in [0.4, 0.5) is 0 Å². The Morgan fingerprint density at radius 3 is 2.38 bits per heavy atom. The number of hydrogen-bond acceptors (Lipinski definition) is 1. The fourth-order valence-corrected chi connectivity index (χ4v) is 1.28. The molecule has 0 aromatic heterocycles. The molecule has 0 saturated heterocycles. The third kappa shape index (κ3) is 2.69. The zero-order chi connectivity index (χ0) is 9.73. The van der Waals surface area contributed by atoms with E-state index in [9.17, 15) is 4.79 Å². The van der Waals surface area contributed by atoms with Gasteiger partial charge in [-0.1, -0.05) is 44.2 Å². The largest absolute Gasteiger partial charge is 0.290 e. The van der Waals surface area contributed by atoms with Crippen LogP contribution in [0, 0.1) is 5.41 Å². The van der Waals surface area contributed by atoms with Gasteiger partial charge in [-0.2, -0.15) is 0 Å². The predicted molar refractivity (Wildman–Crippen MR) is 54.2 cm³/mol. The lowest BCUT2D eigenvalue weighted by Gasteiger charge is -2.19. The summed E-state index contributed by atoms with van der Waals surface area (Å²) in [5, 5.41) is 0. The monoisotopic (exact) mass is 175 g/mol. The van der Waals surface area contributed by atoms with Crippen molar-refractivity contribution in [1.29, 1.82) is 0 Å². The van der Waals surface area contributed by atoms with E-state index >= 15 is 0 Å². The Labute approximate surface area is 79.8 Å². The van der Waals surface area contributed by atoms with Crippen LogP contribution >= 0.6 is 0 Å². The summed E-state index contributed by atoms with van der Waals surface area (Å²) in [6.45, 7) is 3.97. The van der Waals surface area contributed by atoms with E-state index in [1.165, 1.54) is 5.56 Å². The molecule has 1 nitrogen and oxygen atoms in total. The second kappa shape index (κ2) is 4.22. The van der Waals surface area contributed by atoms with Crippen molar-refractivity contribution in [3.05, 3.63) is 35.9 Å². The molecule has 0 spiro atoms. The topological polar surface area (TPSA) is 17.1 Å².